The van der Waals surface area contributed by atoms with Gasteiger partial charge in [0.2, 0.25) is 0 Å². The minimum absolute atomic E-state index is 0.0352. The molecular weight excluding hydrogens is 248 g/mol. The van der Waals surface area contributed by atoms with Gasteiger partial charge in [-0.25, -0.2) is 9.59 Å². The number of nitrogens with one attached hydrogen (secondary N) is 2. The summed E-state index contributed by atoms with van der Waals surface area (Å²) in [5.74, 6) is 1.67. The number of esters is 1. The van der Waals surface area contributed by atoms with Gasteiger partial charge in [0, 0.05) is 5.70 Å². The Hall–Kier alpha value is -2.16. The van der Waals surface area contributed by atoms with Crippen LogP contribution in [-0.2, 0) is 14.3 Å². The van der Waals surface area contributed by atoms with Gasteiger partial charge in [0.05, 0.1) is 13.7 Å². The van der Waals surface area contributed by atoms with Crippen LogP contribution in [-0.4, -0.2) is 31.3 Å². The van der Waals surface area contributed by atoms with Crippen LogP contribution in [0.1, 0.15) is 27.7 Å². The van der Waals surface area contributed by atoms with Gasteiger partial charge in [0.1, 0.15) is 11.3 Å². The quantitative estimate of drug-likeness (QED) is 0.454. The Labute approximate surface area is 113 Å². The predicted molar refractivity (Wildman–Crippen MR) is 70.9 cm³/mol. The smallest absolute Gasteiger partial charge is 0.412 e. The van der Waals surface area contributed by atoms with Gasteiger partial charge in [-0.3, -0.25) is 5.32 Å². The molecule has 0 radical (unpaired) electrons. The molecule has 0 atom stereocenters. The number of ether oxygens (including phenoxy) is 2. The van der Waals surface area contributed by atoms with Gasteiger partial charge >= 0.3 is 12.1 Å². The highest BCUT2D eigenvalue weighted by molar-refractivity contribution is 5.92. The Morgan fingerprint density at radius 2 is 1.89 bits per heavy atom. The average Bonchev–Trinajstić information content (AvgIpc) is 2.29. The maximum atomic E-state index is 11.6. The van der Waals surface area contributed by atoms with Gasteiger partial charge in [-0.1, -0.05) is 5.92 Å². The van der Waals surface area contributed by atoms with E-state index < -0.39 is 17.7 Å². The van der Waals surface area contributed by atoms with Gasteiger partial charge in [-0.05, 0) is 27.7 Å². The summed E-state index contributed by atoms with van der Waals surface area (Å²) >= 11 is 0. The number of allylic oxidation sites excluding steroid dienone is 1. The fraction of sp³-hybridized carbons (Fsp3) is 0.538. The van der Waals surface area contributed by atoms with Crippen molar-refractivity contribution in [2.45, 2.75) is 33.3 Å². The highest BCUT2D eigenvalue weighted by Gasteiger charge is 2.21. The minimum atomic E-state index is -0.741. The predicted octanol–water partition coefficient (Wildman–Crippen LogP) is 1.14. The number of hydrogen-bond donors (Lipinski definition) is 2. The molecule has 0 fully saturated rings. The molecule has 0 aromatic carbocycles. The maximum Gasteiger partial charge on any atom is 0.412 e. The summed E-state index contributed by atoms with van der Waals surface area (Å²) < 4.78 is 9.64. The van der Waals surface area contributed by atoms with Crippen molar-refractivity contribution >= 4 is 12.1 Å². The van der Waals surface area contributed by atoms with E-state index in [1.807, 2.05) is 0 Å². The topological polar surface area (TPSA) is 76.7 Å². The highest BCUT2D eigenvalue weighted by Crippen LogP contribution is 2.08. The van der Waals surface area contributed by atoms with Gasteiger partial charge < -0.3 is 14.8 Å². The molecular formula is C13H20N2O4. The molecule has 0 aromatic rings. The molecule has 0 spiro atoms. The summed E-state index contributed by atoms with van der Waals surface area (Å²) in [6.45, 7) is 6.98. The minimum Gasteiger partial charge on any atom is -0.464 e. The lowest BCUT2D eigenvalue weighted by Gasteiger charge is -2.20. The zero-order valence-corrected chi connectivity index (χ0v) is 11.9. The standard InChI is InChI=1S/C13H20N2O4/c1-7-8-14-9(2)10(11(16)18-6)15-12(17)19-13(3,4)5/h1,14H,8H2,2-6H3,(H,15,17)/b10-9+. The molecule has 2 N–H and O–H groups in total. The van der Waals surface area contributed by atoms with E-state index in [-0.39, 0.29) is 12.2 Å². The van der Waals surface area contributed by atoms with E-state index in [2.05, 4.69) is 21.3 Å². The van der Waals surface area contributed by atoms with Crippen molar-refractivity contribution in [2.75, 3.05) is 13.7 Å². The Balaban J connectivity index is 4.94. The number of hydrogen-bond acceptors (Lipinski definition) is 5. The first-order valence-electron chi connectivity index (χ1n) is 5.67. The fourth-order valence-electron chi connectivity index (χ4n) is 1.08. The first kappa shape index (κ1) is 16.8. The molecule has 0 saturated heterocycles. The van der Waals surface area contributed by atoms with Gasteiger partial charge in [-0.15, -0.1) is 6.42 Å². The highest BCUT2D eigenvalue weighted by atomic mass is 16.6. The summed E-state index contributed by atoms with van der Waals surface area (Å²) in [5.41, 5.74) is -0.298. The van der Waals surface area contributed by atoms with Crippen LogP contribution in [0, 0.1) is 12.3 Å². The van der Waals surface area contributed by atoms with Crippen LogP contribution in [0.2, 0.25) is 0 Å². The second-order valence-corrected chi connectivity index (χ2v) is 4.68. The van der Waals surface area contributed by atoms with E-state index in [9.17, 15) is 9.59 Å². The molecule has 0 unspecified atom stereocenters. The Kier molecular flexibility index (Phi) is 6.48. The van der Waals surface area contributed by atoms with Gasteiger partial charge in [0.15, 0.2) is 0 Å². The van der Waals surface area contributed by atoms with Crippen molar-refractivity contribution < 1.29 is 19.1 Å². The molecule has 6 heteroatoms. The molecule has 19 heavy (non-hydrogen) atoms. The summed E-state index contributed by atoms with van der Waals surface area (Å²) in [7, 11) is 1.22. The third kappa shape index (κ3) is 6.99. The number of methoxy groups -OCH3 is 1. The number of carbonyl (C=O) groups is 2. The molecule has 0 aliphatic rings. The third-order valence-electron chi connectivity index (χ3n) is 1.85. The SMILES string of the molecule is C#CCN/C(C)=C(/NC(=O)OC(C)(C)C)C(=O)OC. The molecule has 6 nitrogen and oxygen atoms in total. The zero-order valence-electron chi connectivity index (χ0n) is 11.9. The normalized spacial score (nSPS) is 11.8. The molecule has 0 aliphatic carbocycles. The Morgan fingerprint density at radius 3 is 2.32 bits per heavy atom. The molecule has 0 aliphatic heterocycles. The summed E-state index contributed by atoms with van der Waals surface area (Å²) in [6, 6.07) is 0. The first-order valence-corrected chi connectivity index (χ1v) is 5.67. The molecule has 0 rings (SSSR count). The second kappa shape index (κ2) is 7.31. The lowest BCUT2D eigenvalue weighted by atomic mass is 10.2. The molecule has 0 heterocycles. The number of rotatable bonds is 4. The van der Waals surface area contributed by atoms with E-state index in [4.69, 9.17) is 11.2 Å². The summed E-state index contributed by atoms with van der Waals surface area (Å²) in [6.07, 6.45) is 4.37. The van der Waals surface area contributed by atoms with Crippen molar-refractivity contribution in [1.82, 2.24) is 10.6 Å². The van der Waals surface area contributed by atoms with Crippen molar-refractivity contribution in [1.29, 1.82) is 0 Å². The van der Waals surface area contributed by atoms with E-state index in [0.29, 0.717) is 5.70 Å². The van der Waals surface area contributed by atoms with E-state index in [0.717, 1.165) is 0 Å². The lowest BCUT2D eigenvalue weighted by Crippen LogP contribution is -2.36. The van der Waals surface area contributed by atoms with E-state index in [1.165, 1.54) is 7.11 Å². The molecule has 0 bridgehead atoms. The second-order valence-electron chi connectivity index (χ2n) is 4.68. The summed E-state index contributed by atoms with van der Waals surface area (Å²) in [5, 5.41) is 5.13. The summed E-state index contributed by atoms with van der Waals surface area (Å²) in [4.78, 5) is 23.2. The largest absolute Gasteiger partial charge is 0.464 e. The Morgan fingerprint density at radius 1 is 1.32 bits per heavy atom. The molecule has 0 saturated carbocycles. The van der Waals surface area contributed by atoms with E-state index >= 15 is 0 Å². The van der Waals surface area contributed by atoms with Crippen LogP contribution < -0.4 is 10.6 Å². The van der Waals surface area contributed by atoms with Crippen molar-refractivity contribution in [3.8, 4) is 12.3 Å². The van der Waals surface area contributed by atoms with Crippen molar-refractivity contribution in [3.63, 3.8) is 0 Å². The van der Waals surface area contributed by atoms with Crippen molar-refractivity contribution in [3.05, 3.63) is 11.4 Å². The monoisotopic (exact) mass is 268 g/mol. The number of terminal acetylenes is 1. The van der Waals surface area contributed by atoms with Crippen LogP contribution in [0.25, 0.3) is 0 Å². The number of amides is 1. The Bertz CT molecular complexity index is 413. The molecule has 1 amide bonds. The maximum absolute atomic E-state index is 11.6. The molecule has 106 valence electrons. The third-order valence-corrected chi connectivity index (χ3v) is 1.85. The van der Waals surface area contributed by atoms with E-state index in [1.54, 1.807) is 27.7 Å². The van der Waals surface area contributed by atoms with Crippen LogP contribution >= 0.6 is 0 Å². The van der Waals surface area contributed by atoms with Gasteiger partial charge in [-0.2, -0.15) is 0 Å². The van der Waals surface area contributed by atoms with Gasteiger partial charge in [0.25, 0.3) is 0 Å². The average molecular weight is 268 g/mol. The van der Waals surface area contributed by atoms with Crippen LogP contribution in [0.4, 0.5) is 4.79 Å². The number of alkyl carbamates (subject to hydrolysis) is 1. The first-order chi connectivity index (χ1) is 8.71. The lowest BCUT2D eigenvalue weighted by molar-refractivity contribution is -0.136. The zero-order chi connectivity index (χ0) is 15.1. The number of carbonyl (C=O) groups excluding carboxylic acids is 2. The fourth-order valence-corrected chi connectivity index (χ4v) is 1.08. The van der Waals surface area contributed by atoms with Crippen LogP contribution in [0.15, 0.2) is 11.4 Å². The van der Waals surface area contributed by atoms with Crippen molar-refractivity contribution in [2.24, 2.45) is 0 Å². The van der Waals surface area contributed by atoms with Crippen LogP contribution in [0.5, 0.6) is 0 Å². The van der Waals surface area contributed by atoms with Crippen LogP contribution in [0.3, 0.4) is 0 Å². The molecule has 0 aromatic heterocycles.